The maximum absolute atomic E-state index is 5.76. The van der Waals surface area contributed by atoms with Gasteiger partial charge in [0.2, 0.25) is 0 Å². The monoisotopic (exact) mass is 324 g/mol. The standard InChI is InChI=1S/C20H28N4/c1-17(21)15-22-16-18-7-9-20(10-8-18)24-13-11-23(12-14-24)19-5-3-2-4-6-19/h2-10,17,22H,11-16,21H2,1H3. The lowest BCUT2D eigenvalue weighted by molar-refractivity contribution is 0.608. The molecule has 0 radical (unpaired) electrons. The van der Waals surface area contributed by atoms with E-state index in [1.807, 2.05) is 6.92 Å². The van der Waals surface area contributed by atoms with Crippen LogP contribution in [0, 0.1) is 0 Å². The molecule has 2 aromatic carbocycles. The van der Waals surface area contributed by atoms with Crippen molar-refractivity contribution in [2.75, 3.05) is 42.5 Å². The zero-order valence-corrected chi connectivity index (χ0v) is 14.5. The van der Waals surface area contributed by atoms with E-state index in [9.17, 15) is 0 Å². The van der Waals surface area contributed by atoms with Gasteiger partial charge in [0.25, 0.3) is 0 Å². The highest BCUT2D eigenvalue weighted by Crippen LogP contribution is 2.20. The summed E-state index contributed by atoms with van der Waals surface area (Å²) in [5, 5.41) is 3.38. The quantitative estimate of drug-likeness (QED) is 0.857. The normalized spacial score (nSPS) is 16.2. The summed E-state index contributed by atoms with van der Waals surface area (Å²) in [6, 6.07) is 19.8. The molecule has 0 aliphatic carbocycles. The van der Waals surface area contributed by atoms with E-state index < -0.39 is 0 Å². The molecule has 1 fully saturated rings. The minimum absolute atomic E-state index is 0.199. The average Bonchev–Trinajstić information content (AvgIpc) is 2.63. The van der Waals surface area contributed by atoms with E-state index >= 15 is 0 Å². The van der Waals surface area contributed by atoms with Crippen LogP contribution >= 0.6 is 0 Å². The molecule has 1 atom stereocenters. The van der Waals surface area contributed by atoms with Crippen LogP contribution in [0.25, 0.3) is 0 Å². The zero-order valence-electron chi connectivity index (χ0n) is 14.5. The number of rotatable bonds is 6. The zero-order chi connectivity index (χ0) is 16.8. The lowest BCUT2D eigenvalue weighted by Crippen LogP contribution is -2.46. The summed E-state index contributed by atoms with van der Waals surface area (Å²) < 4.78 is 0. The summed E-state index contributed by atoms with van der Waals surface area (Å²) in [4.78, 5) is 4.93. The van der Waals surface area contributed by atoms with Crippen molar-refractivity contribution in [3.63, 3.8) is 0 Å². The predicted octanol–water partition coefficient (Wildman–Crippen LogP) is 2.45. The Morgan fingerprint density at radius 1 is 0.875 bits per heavy atom. The van der Waals surface area contributed by atoms with Gasteiger partial charge in [-0.05, 0) is 36.8 Å². The molecule has 0 amide bonds. The van der Waals surface area contributed by atoms with Crippen LogP contribution in [0.3, 0.4) is 0 Å². The summed E-state index contributed by atoms with van der Waals surface area (Å²) in [7, 11) is 0. The first-order valence-corrected chi connectivity index (χ1v) is 8.82. The van der Waals surface area contributed by atoms with Crippen molar-refractivity contribution in [1.29, 1.82) is 0 Å². The fourth-order valence-corrected chi connectivity index (χ4v) is 3.13. The first kappa shape index (κ1) is 16.8. The van der Waals surface area contributed by atoms with Crippen LogP contribution in [-0.4, -0.2) is 38.8 Å². The fourth-order valence-electron chi connectivity index (χ4n) is 3.13. The molecule has 0 saturated carbocycles. The number of nitrogens with zero attached hydrogens (tertiary/aromatic N) is 2. The van der Waals surface area contributed by atoms with E-state index in [1.165, 1.54) is 16.9 Å². The van der Waals surface area contributed by atoms with Crippen molar-refractivity contribution >= 4 is 11.4 Å². The van der Waals surface area contributed by atoms with Gasteiger partial charge in [-0.1, -0.05) is 30.3 Å². The Labute approximate surface area is 145 Å². The molecule has 1 heterocycles. The van der Waals surface area contributed by atoms with E-state index in [4.69, 9.17) is 5.73 Å². The van der Waals surface area contributed by atoms with Gasteiger partial charge in [-0.2, -0.15) is 0 Å². The number of nitrogens with one attached hydrogen (secondary N) is 1. The molecule has 0 spiro atoms. The first-order valence-electron chi connectivity index (χ1n) is 8.82. The molecular weight excluding hydrogens is 296 g/mol. The maximum atomic E-state index is 5.76. The second-order valence-corrected chi connectivity index (χ2v) is 6.58. The van der Waals surface area contributed by atoms with Gasteiger partial charge in [0, 0.05) is 56.7 Å². The van der Waals surface area contributed by atoms with Crippen LogP contribution in [0.2, 0.25) is 0 Å². The number of anilines is 2. The summed E-state index contributed by atoms with van der Waals surface area (Å²) in [5.41, 5.74) is 9.71. The third-order valence-corrected chi connectivity index (χ3v) is 4.50. The van der Waals surface area contributed by atoms with Crippen LogP contribution in [0.5, 0.6) is 0 Å². The lowest BCUT2D eigenvalue weighted by atomic mass is 10.1. The van der Waals surface area contributed by atoms with Crippen molar-refractivity contribution in [2.45, 2.75) is 19.5 Å². The largest absolute Gasteiger partial charge is 0.368 e. The molecule has 1 aliphatic rings. The van der Waals surface area contributed by atoms with Gasteiger partial charge < -0.3 is 20.9 Å². The van der Waals surface area contributed by atoms with E-state index in [2.05, 4.69) is 69.7 Å². The molecule has 24 heavy (non-hydrogen) atoms. The molecule has 0 bridgehead atoms. The number of hydrogen-bond donors (Lipinski definition) is 2. The van der Waals surface area contributed by atoms with Crippen LogP contribution in [0.4, 0.5) is 11.4 Å². The number of benzene rings is 2. The highest BCUT2D eigenvalue weighted by atomic mass is 15.3. The van der Waals surface area contributed by atoms with Crippen LogP contribution in [0.1, 0.15) is 12.5 Å². The Balaban J connectivity index is 1.51. The maximum Gasteiger partial charge on any atom is 0.0367 e. The van der Waals surface area contributed by atoms with E-state index in [0.717, 1.165) is 39.3 Å². The van der Waals surface area contributed by atoms with Crippen LogP contribution in [-0.2, 0) is 6.54 Å². The van der Waals surface area contributed by atoms with Crippen LogP contribution < -0.4 is 20.9 Å². The molecule has 4 heteroatoms. The SMILES string of the molecule is CC(N)CNCc1ccc(N2CCN(c3ccccc3)CC2)cc1. The van der Waals surface area contributed by atoms with Crippen molar-refractivity contribution in [1.82, 2.24) is 5.32 Å². The summed E-state index contributed by atoms with van der Waals surface area (Å²) in [5.74, 6) is 0. The summed E-state index contributed by atoms with van der Waals surface area (Å²) in [6.45, 7) is 8.02. The molecule has 3 N–H and O–H groups in total. The molecule has 1 unspecified atom stereocenters. The minimum atomic E-state index is 0.199. The molecule has 128 valence electrons. The topological polar surface area (TPSA) is 44.5 Å². The number of piperazine rings is 1. The second kappa shape index (κ2) is 8.18. The van der Waals surface area contributed by atoms with Gasteiger partial charge in [-0.3, -0.25) is 0 Å². The molecular formula is C20H28N4. The first-order chi connectivity index (χ1) is 11.7. The van der Waals surface area contributed by atoms with Gasteiger partial charge in [-0.25, -0.2) is 0 Å². The average molecular weight is 324 g/mol. The molecule has 1 aliphatic heterocycles. The smallest absolute Gasteiger partial charge is 0.0367 e. The Hall–Kier alpha value is -2.04. The Morgan fingerprint density at radius 2 is 1.42 bits per heavy atom. The molecule has 3 rings (SSSR count). The minimum Gasteiger partial charge on any atom is -0.368 e. The Morgan fingerprint density at radius 3 is 1.96 bits per heavy atom. The molecule has 1 saturated heterocycles. The van der Waals surface area contributed by atoms with Gasteiger partial charge in [-0.15, -0.1) is 0 Å². The van der Waals surface area contributed by atoms with E-state index in [1.54, 1.807) is 0 Å². The van der Waals surface area contributed by atoms with Crippen molar-refractivity contribution < 1.29 is 0 Å². The van der Waals surface area contributed by atoms with Gasteiger partial charge in [0.15, 0.2) is 0 Å². The van der Waals surface area contributed by atoms with E-state index in [0.29, 0.717) is 0 Å². The Kier molecular flexibility index (Phi) is 5.72. The van der Waals surface area contributed by atoms with Crippen molar-refractivity contribution in [3.8, 4) is 0 Å². The van der Waals surface area contributed by atoms with Crippen molar-refractivity contribution in [3.05, 3.63) is 60.2 Å². The highest BCUT2D eigenvalue weighted by molar-refractivity contribution is 5.52. The third-order valence-electron chi connectivity index (χ3n) is 4.50. The van der Waals surface area contributed by atoms with Gasteiger partial charge in [0.1, 0.15) is 0 Å². The predicted molar refractivity (Wildman–Crippen MR) is 103 cm³/mol. The number of hydrogen-bond acceptors (Lipinski definition) is 4. The van der Waals surface area contributed by atoms with Gasteiger partial charge >= 0.3 is 0 Å². The number of para-hydroxylation sites is 1. The highest BCUT2D eigenvalue weighted by Gasteiger charge is 2.17. The van der Waals surface area contributed by atoms with E-state index in [-0.39, 0.29) is 6.04 Å². The van der Waals surface area contributed by atoms with Crippen LogP contribution in [0.15, 0.2) is 54.6 Å². The molecule has 4 nitrogen and oxygen atoms in total. The summed E-state index contributed by atoms with van der Waals surface area (Å²) >= 11 is 0. The molecule has 0 aromatic heterocycles. The summed E-state index contributed by atoms with van der Waals surface area (Å²) in [6.07, 6.45) is 0. The second-order valence-electron chi connectivity index (χ2n) is 6.58. The lowest BCUT2D eigenvalue weighted by Gasteiger charge is -2.37. The molecule has 2 aromatic rings. The fraction of sp³-hybridized carbons (Fsp3) is 0.400. The third kappa shape index (κ3) is 4.49. The number of nitrogens with two attached hydrogens (primary N) is 1. The van der Waals surface area contributed by atoms with Gasteiger partial charge in [0.05, 0.1) is 0 Å². The van der Waals surface area contributed by atoms with Crippen molar-refractivity contribution in [2.24, 2.45) is 5.73 Å². The Bertz CT molecular complexity index is 601.